The summed E-state index contributed by atoms with van der Waals surface area (Å²) in [4.78, 5) is 6.55. The lowest BCUT2D eigenvalue weighted by molar-refractivity contribution is 0.578. The molecule has 0 spiro atoms. The van der Waals surface area contributed by atoms with Crippen molar-refractivity contribution in [2.75, 3.05) is 23.3 Å². The SMILES string of the molecule is CC(Nc1ccc(N2CCCCC2)cc1)c1ccncc1. The molecule has 0 radical (unpaired) electrons. The van der Waals surface area contributed by atoms with Gasteiger partial charge in [-0.1, -0.05) is 0 Å². The number of hydrogen-bond acceptors (Lipinski definition) is 3. The molecule has 1 aliphatic rings. The van der Waals surface area contributed by atoms with Gasteiger partial charge in [-0.05, 0) is 68.1 Å². The lowest BCUT2D eigenvalue weighted by Crippen LogP contribution is -2.29. The van der Waals surface area contributed by atoms with E-state index >= 15 is 0 Å². The topological polar surface area (TPSA) is 28.2 Å². The number of aromatic nitrogens is 1. The minimum absolute atomic E-state index is 0.286. The Kier molecular flexibility index (Phi) is 4.39. The van der Waals surface area contributed by atoms with E-state index in [0.29, 0.717) is 0 Å². The van der Waals surface area contributed by atoms with Crippen LogP contribution in [0.2, 0.25) is 0 Å². The van der Waals surface area contributed by atoms with Gasteiger partial charge in [0, 0.05) is 42.9 Å². The van der Waals surface area contributed by atoms with Crippen molar-refractivity contribution >= 4 is 11.4 Å². The highest BCUT2D eigenvalue weighted by atomic mass is 15.1. The predicted molar refractivity (Wildman–Crippen MR) is 88.8 cm³/mol. The number of nitrogens with zero attached hydrogens (tertiary/aromatic N) is 2. The Labute approximate surface area is 127 Å². The average molecular weight is 281 g/mol. The Morgan fingerprint density at radius 1 is 0.952 bits per heavy atom. The molecule has 1 fully saturated rings. The second kappa shape index (κ2) is 6.61. The largest absolute Gasteiger partial charge is 0.379 e. The number of benzene rings is 1. The van der Waals surface area contributed by atoms with Crippen LogP contribution in [0.1, 0.15) is 37.8 Å². The molecule has 21 heavy (non-hydrogen) atoms. The first-order valence-electron chi connectivity index (χ1n) is 7.84. The lowest BCUT2D eigenvalue weighted by Gasteiger charge is -2.29. The van der Waals surface area contributed by atoms with Gasteiger partial charge in [0.1, 0.15) is 0 Å². The molecule has 1 atom stereocenters. The summed E-state index contributed by atoms with van der Waals surface area (Å²) in [6.45, 7) is 4.56. The zero-order valence-electron chi connectivity index (χ0n) is 12.6. The molecule has 0 aliphatic carbocycles. The normalized spacial score (nSPS) is 16.5. The van der Waals surface area contributed by atoms with Gasteiger partial charge in [-0.2, -0.15) is 0 Å². The van der Waals surface area contributed by atoms with E-state index in [-0.39, 0.29) is 6.04 Å². The van der Waals surface area contributed by atoms with E-state index in [4.69, 9.17) is 0 Å². The monoisotopic (exact) mass is 281 g/mol. The van der Waals surface area contributed by atoms with E-state index in [1.165, 1.54) is 49.3 Å². The first-order valence-corrected chi connectivity index (χ1v) is 7.84. The van der Waals surface area contributed by atoms with Gasteiger partial charge in [0.25, 0.3) is 0 Å². The maximum atomic E-state index is 4.06. The van der Waals surface area contributed by atoms with Crippen LogP contribution in [0.5, 0.6) is 0 Å². The molecule has 0 bridgehead atoms. The number of hydrogen-bond donors (Lipinski definition) is 1. The molecular weight excluding hydrogens is 258 g/mol. The highest BCUT2D eigenvalue weighted by Gasteiger charge is 2.11. The Bertz CT molecular complexity index is 544. The third-order valence-electron chi connectivity index (χ3n) is 4.18. The standard InChI is InChI=1S/C18H23N3/c1-15(16-9-11-19-12-10-16)20-17-5-7-18(8-6-17)21-13-3-2-4-14-21/h5-12,15,20H,2-4,13-14H2,1H3. The van der Waals surface area contributed by atoms with Gasteiger partial charge in [0.05, 0.1) is 0 Å². The van der Waals surface area contributed by atoms with Crippen molar-refractivity contribution in [3.05, 3.63) is 54.4 Å². The fourth-order valence-electron chi connectivity index (χ4n) is 2.91. The fourth-order valence-corrected chi connectivity index (χ4v) is 2.91. The van der Waals surface area contributed by atoms with Gasteiger partial charge in [-0.15, -0.1) is 0 Å². The van der Waals surface area contributed by atoms with Gasteiger partial charge < -0.3 is 10.2 Å². The van der Waals surface area contributed by atoms with E-state index in [2.05, 4.69) is 58.5 Å². The van der Waals surface area contributed by atoms with Crippen LogP contribution in [0.15, 0.2) is 48.8 Å². The summed E-state index contributed by atoms with van der Waals surface area (Å²) in [5, 5.41) is 3.54. The molecule has 3 heteroatoms. The van der Waals surface area contributed by atoms with Crippen LogP contribution < -0.4 is 10.2 Å². The Morgan fingerprint density at radius 2 is 1.62 bits per heavy atom. The van der Waals surface area contributed by atoms with E-state index in [0.717, 1.165) is 0 Å². The second-order valence-electron chi connectivity index (χ2n) is 5.74. The Balaban J connectivity index is 1.64. The van der Waals surface area contributed by atoms with Gasteiger partial charge in [0.2, 0.25) is 0 Å². The first kappa shape index (κ1) is 13.9. The summed E-state index contributed by atoms with van der Waals surface area (Å²) in [6.07, 6.45) is 7.69. The third kappa shape index (κ3) is 3.54. The zero-order valence-corrected chi connectivity index (χ0v) is 12.6. The van der Waals surface area contributed by atoms with Gasteiger partial charge >= 0.3 is 0 Å². The van der Waals surface area contributed by atoms with Crippen molar-refractivity contribution in [1.82, 2.24) is 4.98 Å². The molecule has 1 unspecified atom stereocenters. The van der Waals surface area contributed by atoms with Crippen LogP contribution in [0.4, 0.5) is 11.4 Å². The van der Waals surface area contributed by atoms with E-state index in [9.17, 15) is 0 Å². The molecule has 3 nitrogen and oxygen atoms in total. The van der Waals surface area contributed by atoms with Crippen molar-refractivity contribution in [2.45, 2.75) is 32.2 Å². The molecule has 110 valence electrons. The van der Waals surface area contributed by atoms with Crippen LogP contribution in [-0.4, -0.2) is 18.1 Å². The summed E-state index contributed by atoms with van der Waals surface area (Å²) in [5.74, 6) is 0. The molecule has 0 amide bonds. The molecular formula is C18H23N3. The number of rotatable bonds is 4. The minimum atomic E-state index is 0.286. The molecule has 0 saturated carbocycles. The molecule has 1 aromatic heterocycles. The molecule has 1 saturated heterocycles. The quantitative estimate of drug-likeness (QED) is 0.908. The van der Waals surface area contributed by atoms with Gasteiger partial charge in [-0.3, -0.25) is 4.98 Å². The summed E-state index contributed by atoms with van der Waals surface area (Å²) < 4.78 is 0. The number of nitrogens with one attached hydrogen (secondary N) is 1. The zero-order chi connectivity index (χ0) is 14.5. The third-order valence-corrected chi connectivity index (χ3v) is 4.18. The molecule has 1 aromatic carbocycles. The summed E-state index contributed by atoms with van der Waals surface area (Å²) in [6, 6.07) is 13.2. The maximum Gasteiger partial charge on any atom is 0.0486 e. The van der Waals surface area contributed by atoms with Crippen LogP contribution in [0, 0.1) is 0 Å². The fraction of sp³-hybridized carbons (Fsp3) is 0.389. The smallest absolute Gasteiger partial charge is 0.0486 e. The van der Waals surface area contributed by atoms with E-state index in [1.807, 2.05) is 12.4 Å². The minimum Gasteiger partial charge on any atom is -0.379 e. The number of piperidine rings is 1. The Hall–Kier alpha value is -2.03. The molecule has 2 aromatic rings. The molecule has 1 aliphatic heterocycles. The maximum absolute atomic E-state index is 4.06. The first-order chi connectivity index (χ1) is 10.3. The molecule has 2 heterocycles. The number of anilines is 2. The van der Waals surface area contributed by atoms with Crippen molar-refractivity contribution < 1.29 is 0 Å². The van der Waals surface area contributed by atoms with Crippen molar-refractivity contribution in [1.29, 1.82) is 0 Å². The van der Waals surface area contributed by atoms with E-state index < -0.39 is 0 Å². The predicted octanol–water partition coefficient (Wildman–Crippen LogP) is 4.25. The number of pyridine rings is 1. The van der Waals surface area contributed by atoms with Crippen molar-refractivity contribution in [2.24, 2.45) is 0 Å². The van der Waals surface area contributed by atoms with Gasteiger partial charge in [-0.25, -0.2) is 0 Å². The Morgan fingerprint density at radius 3 is 2.29 bits per heavy atom. The average Bonchev–Trinajstić information content (AvgIpc) is 2.57. The highest BCUT2D eigenvalue weighted by molar-refractivity contribution is 5.56. The van der Waals surface area contributed by atoms with Crippen LogP contribution in [-0.2, 0) is 0 Å². The lowest BCUT2D eigenvalue weighted by atomic mass is 10.1. The van der Waals surface area contributed by atoms with Crippen molar-refractivity contribution in [3.8, 4) is 0 Å². The molecule has 1 N–H and O–H groups in total. The second-order valence-corrected chi connectivity index (χ2v) is 5.74. The van der Waals surface area contributed by atoms with Crippen molar-refractivity contribution in [3.63, 3.8) is 0 Å². The molecule has 3 rings (SSSR count). The van der Waals surface area contributed by atoms with Crippen LogP contribution in [0.25, 0.3) is 0 Å². The van der Waals surface area contributed by atoms with Crippen LogP contribution >= 0.6 is 0 Å². The highest BCUT2D eigenvalue weighted by Crippen LogP contribution is 2.24. The van der Waals surface area contributed by atoms with Crippen LogP contribution in [0.3, 0.4) is 0 Å². The summed E-state index contributed by atoms with van der Waals surface area (Å²) in [5.41, 5.74) is 3.77. The van der Waals surface area contributed by atoms with Gasteiger partial charge in [0.15, 0.2) is 0 Å². The summed E-state index contributed by atoms with van der Waals surface area (Å²) in [7, 11) is 0. The summed E-state index contributed by atoms with van der Waals surface area (Å²) >= 11 is 0. The van der Waals surface area contributed by atoms with E-state index in [1.54, 1.807) is 0 Å².